The first-order chi connectivity index (χ1) is 13.8. The van der Waals surface area contributed by atoms with E-state index in [1.165, 1.54) is 19.3 Å². The van der Waals surface area contributed by atoms with Crippen LogP contribution in [0.3, 0.4) is 0 Å². The number of amides is 3. The lowest BCUT2D eigenvalue weighted by molar-refractivity contribution is -0.139. The monoisotopic (exact) mass is 422 g/mol. The minimum atomic E-state index is -1.12. The third-order valence-electron chi connectivity index (χ3n) is 4.12. The van der Waals surface area contributed by atoms with Crippen LogP contribution in [0.4, 0.5) is 4.79 Å². The maximum atomic E-state index is 12.6. The van der Waals surface area contributed by atoms with Crippen molar-refractivity contribution in [2.24, 2.45) is 0 Å². The number of carbonyl (C=O) groups excluding carboxylic acids is 3. The smallest absolute Gasteiger partial charge is 0.341 e. The Morgan fingerprint density at radius 3 is 2.48 bits per heavy atom. The molecule has 1 aromatic carbocycles. The van der Waals surface area contributed by atoms with Gasteiger partial charge in [-0.05, 0) is 49.4 Å². The molecule has 0 aliphatic carbocycles. The Labute approximate surface area is 172 Å². The Morgan fingerprint density at radius 1 is 1.21 bits per heavy atom. The van der Waals surface area contributed by atoms with Gasteiger partial charge in [0.15, 0.2) is 18.1 Å². The molecule has 1 aliphatic heterocycles. The first-order valence-electron chi connectivity index (χ1n) is 8.86. The number of rotatable bonds is 9. The summed E-state index contributed by atoms with van der Waals surface area (Å²) in [6.45, 7) is 3.83. The number of thioether (sulfide) groups is 1. The van der Waals surface area contributed by atoms with Gasteiger partial charge in [0.05, 0.1) is 12.0 Å². The summed E-state index contributed by atoms with van der Waals surface area (Å²) in [5.41, 5.74) is 0.560. The summed E-state index contributed by atoms with van der Waals surface area (Å²) in [6.07, 6.45) is 1.51. The second-order valence-electron chi connectivity index (χ2n) is 5.93. The molecule has 0 saturated carbocycles. The summed E-state index contributed by atoms with van der Waals surface area (Å²) in [6, 6.07) is 4.68. The summed E-state index contributed by atoms with van der Waals surface area (Å²) in [5, 5.41) is 8.21. The topological polar surface area (TPSA) is 113 Å². The van der Waals surface area contributed by atoms with Crippen molar-refractivity contribution in [3.05, 3.63) is 28.7 Å². The van der Waals surface area contributed by atoms with Crippen molar-refractivity contribution in [3.8, 4) is 11.5 Å². The highest BCUT2D eigenvalue weighted by atomic mass is 32.2. The first kappa shape index (κ1) is 22.3. The molecule has 9 nitrogen and oxygen atoms in total. The van der Waals surface area contributed by atoms with Crippen molar-refractivity contribution in [2.45, 2.75) is 13.8 Å². The molecule has 10 heteroatoms. The van der Waals surface area contributed by atoms with Crippen LogP contribution in [-0.2, 0) is 14.4 Å². The zero-order valence-electron chi connectivity index (χ0n) is 16.3. The van der Waals surface area contributed by atoms with Gasteiger partial charge in [0.2, 0.25) is 5.91 Å². The van der Waals surface area contributed by atoms with Crippen LogP contribution in [0.15, 0.2) is 23.1 Å². The molecule has 1 N–H and O–H groups in total. The van der Waals surface area contributed by atoms with Crippen LogP contribution in [-0.4, -0.2) is 71.3 Å². The normalized spacial score (nSPS) is 15.0. The number of likely N-dealkylation sites (N-methyl/N-ethyl adjacent to an activating group) is 1. The molecular formula is C19H22N2O7S. The number of carboxylic acid groups (broad SMARTS) is 1. The van der Waals surface area contributed by atoms with Gasteiger partial charge >= 0.3 is 5.97 Å². The number of carbonyl (C=O) groups is 4. The van der Waals surface area contributed by atoms with Gasteiger partial charge in [-0.15, -0.1) is 0 Å². The SMILES string of the molecule is CCN(CC)C(=O)CN1C(=O)S/C(=C\c2ccc(OCC(=O)O)c(OC)c2)C1=O. The van der Waals surface area contributed by atoms with Crippen molar-refractivity contribution in [1.82, 2.24) is 9.80 Å². The van der Waals surface area contributed by atoms with Crippen LogP contribution in [0.25, 0.3) is 6.08 Å². The average Bonchev–Trinajstić information content (AvgIpc) is 2.95. The second kappa shape index (κ2) is 9.97. The molecule has 0 aromatic heterocycles. The van der Waals surface area contributed by atoms with Crippen molar-refractivity contribution < 1.29 is 33.8 Å². The summed E-state index contributed by atoms with van der Waals surface area (Å²) in [5.74, 6) is -1.42. The van der Waals surface area contributed by atoms with Crippen LogP contribution < -0.4 is 9.47 Å². The quantitative estimate of drug-likeness (QED) is 0.602. The van der Waals surface area contributed by atoms with E-state index in [-0.39, 0.29) is 28.9 Å². The fourth-order valence-electron chi connectivity index (χ4n) is 2.63. The molecule has 0 radical (unpaired) electrons. The van der Waals surface area contributed by atoms with E-state index in [1.54, 1.807) is 17.0 Å². The van der Waals surface area contributed by atoms with Crippen LogP contribution in [0.2, 0.25) is 0 Å². The molecule has 1 aliphatic rings. The zero-order chi connectivity index (χ0) is 21.6. The van der Waals surface area contributed by atoms with E-state index in [2.05, 4.69) is 0 Å². The van der Waals surface area contributed by atoms with Crippen molar-refractivity contribution in [3.63, 3.8) is 0 Å². The summed E-state index contributed by atoms with van der Waals surface area (Å²) in [4.78, 5) is 50.3. The first-order valence-corrected chi connectivity index (χ1v) is 9.68. The number of hydrogen-bond acceptors (Lipinski definition) is 7. The molecule has 1 fully saturated rings. The number of imide groups is 1. The number of ether oxygens (including phenoxy) is 2. The van der Waals surface area contributed by atoms with E-state index in [4.69, 9.17) is 14.6 Å². The van der Waals surface area contributed by atoms with Gasteiger partial charge in [0, 0.05) is 13.1 Å². The van der Waals surface area contributed by atoms with Crippen LogP contribution in [0.5, 0.6) is 11.5 Å². The molecule has 0 spiro atoms. The molecule has 0 bridgehead atoms. The third-order valence-corrected chi connectivity index (χ3v) is 5.03. The van der Waals surface area contributed by atoms with E-state index in [0.717, 1.165) is 16.7 Å². The minimum absolute atomic E-state index is 0.184. The molecule has 2 rings (SSSR count). The molecular weight excluding hydrogens is 400 g/mol. The number of hydrogen-bond donors (Lipinski definition) is 1. The molecule has 0 unspecified atom stereocenters. The fraction of sp³-hybridized carbons (Fsp3) is 0.368. The predicted molar refractivity (Wildman–Crippen MR) is 107 cm³/mol. The summed E-state index contributed by atoms with van der Waals surface area (Å²) in [7, 11) is 1.40. The van der Waals surface area contributed by atoms with E-state index >= 15 is 0 Å². The molecule has 3 amide bonds. The highest BCUT2D eigenvalue weighted by Gasteiger charge is 2.36. The van der Waals surface area contributed by atoms with Gasteiger partial charge in [-0.3, -0.25) is 19.3 Å². The number of methoxy groups -OCH3 is 1. The van der Waals surface area contributed by atoms with E-state index in [1.807, 2.05) is 13.8 Å². The van der Waals surface area contributed by atoms with Gasteiger partial charge in [-0.2, -0.15) is 0 Å². The molecule has 156 valence electrons. The van der Waals surface area contributed by atoms with Crippen molar-refractivity contribution in [1.29, 1.82) is 0 Å². The Balaban J connectivity index is 2.18. The minimum Gasteiger partial charge on any atom is -0.493 e. The Hall–Kier alpha value is -3.01. The largest absolute Gasteiger partial charge is 0.493 e. The van der Waals surface area contributed by atoms with Gasteiger partial charge in [-0.1, -0.05) is 6.07 Å². The lowest BCUT2D eigenvalue weighted by Crippen LogP contribution is -2.41. The number of benzene rings is 1. The maximum Gasteiger partial charge on any atom is 0.341 e. The zero-order valence-corrected chi connectivity index (χ0v) is 17.2. The molecule has 0 atom stereocenters. The Bertz CT molecular complexity index is 849. The maximum absolute atomic E-state index is 12.6. The van der Waals surface area contributed by atoms with Crippen LogP contribution in [0, 0.1) is 0 Å². The highest BCUT2D eigenvalue weighted by molar-refractivity contribution is 8.18. The van der Waals surface area contributed by atoms with E-state index in [9.17, 15) is 19.2 Å². The molecule has 1 aromatic rings. The van der Waals surface area contributed by atoms with Gasteiger partial charge in [-0.25, -0.2) is 4.79 Å². The number of aliphatic carboxylic acids is 1. The standard InChI is InChI=1S/C19H22N2O7S/c1-4-20(5-2)16(22)10-21-18(25)15(29-19(21)26)9-12-6-7-13(14(8-12)27-3)28-11-17(23)24/h6-9H,4-5,10-11H2,1-3H3,(H,23,24)/b15-9-. The van der Waals surface area contributed by atoms with Crippen LogP contribution in [0.1, 0.15) is 19.4 Å². The third kappa shape index (κ3) is 5.50. The lowest BCUT2D eigenvalue weighted by atomic mass is 10.2. The van der Waals surface area contributed by atoms with E-state index in [0.29, 0.717) is 18.7 Å². The fourth-order valence-corrected chi connectivity index (χ4v) is 3.47. The Morgan fingerprint density at radius 2 is 1.90 bits per heavy atom. The average molecular weight is 422 g/mol. The number of nitrogens with zero attached hydrogens (tertiary/aromatic N) is 2. The van der Waals surface area contributed by atoms with Gasteiger partial charge in [0.25, 0.3) is 11.1 Å². The second-order valence-corrected chi connectivity index (χ2v) is 6.92. The van der Waals surface area contributed by atoms with E-state index < -0.39 is 23.7 Å². The van der Waals surface area contributed by atoms with Gasteiger partial charge < -0.3 is 19.5 Å². The lowest BCUT2D eigenvalue weighted by Gasteiger charge is -2.21. The summed E-state index contributed by atoms with van der Waals surface area (Å²) < 4.78 is 10.3. The van der Waals surface area contributed by atoms with Crippen molar-refractivity contribution >= 4 is 40.9 Å². The van der Waals surface area contributed by atoms with Crippen molar-refractivity contribution in [2.75, 3.05) is 33.4 Å². The highest BCUT2D eigenvalue weighted by Crippen LogP contribution is 2.34. The molecule has 1 saturated heterocycles. The number of carboxylic acids is 1. The molecule has 29 heavy (non-hydrogen) atoms. The summed E-state index contributed by atoms with van der Waals surface area (Å²) >= 11 is 0.755. The Kier molecular flexibility index (Phi) is 7.66. The van der Waals surface area contributed by atoms with Gasteiger partial charge in [0.1, 0.15) is 6.54 Å². The molecule has 1 heterocycles. The van der Waals surface area contributed by atoms with Crippen LogP contribution >= 0.6 is 11.8 Å². The predicted octanol–water partition coefficient (Wildman–Crippen LogP) is 2.06.